The third-order valence-electron chi connectivity index (χ3n) is 4.00. The number of rotatable bonds is 4. The minimum absolute atomic E-state index is 0.0313. The first-order valence-electron chi connectivity index (χ1n) is 7.58. The molecule has 1 atom stereocenters. The summed E-state index contributed by atoms with van der Waals surface area (Å²) in [7, 11) is 0. The van der Waals surface area contributed by atoms with Crippen molar-refractivity contribution < 1.29 is 0 Å². The normalized spacial score (nSPS) is 20.0. The quantitative estimate of drug-likeness (QED) is 0.941. The van der Waals surface area contributed by atoms with Crippen LogP contribution >= 0.6 is 11.8 Å². The van der Waals surface area contributed by atoms with E-state index in [2.05, 4.69) is 33.6 Å². The molecular formula is C16H21N3OS. The molecule has 1 aliphatic rings. The highest BCUT2D eigenvalue weighted by Crippen LogP contribution is 2.21. The molecule has 2 heterocycles. The number of para-hydroxylation sites is 1. The van der Waals surface area contributed by atoms with Crippen LogP contribution in [0, 0.1) is 0 Å². The van der Waals surface area contributed by atoms with E-state index in [1.54, 1.807) is 0 Å². The fourth-order valence-corrected chi connectivity index (χ4v) is 4.00. The van der Waals surface area contributed by atoms with Crippen LogP contribution in [0.2, 0.25) is 0 Å². The van der Waals surface area contributed by atoms with E-state index >= 15 is 0 Å². The standard InChI is InChI=1S/C16H21N3OS/c1-2-12-11-19(9-10-21-12)8-7-15-17-14-6-4-3-5-13(14)16(20)18-15/h3-6,12H,2,7-11H2,1H3,(H,17,18,20)/t12-/m0/s1. The van der Waals surface area contributed by atoms with E-state index < -0.39 is 0 Å². The van der Waals surface area contributed by atoms with E-state index in [4.69, 9.17) is 0 Å². The minimum Gasteiger partial charge on any atom is -0.310 e. The maximum atomic E-state index is 12.0. The molecule has 3 rings (SSSR count). The van der Waals surface area contributed by atoms with E-state index in [0.717, 1.165) is 42.6 Å². The Kier molecular flexibility index (Phi) is 4.60. The number of fused-ring (bicyclic) bond motifs is 1. The van der Waals surface area contributed by atoms with E-state index in [-0.39, 0.29) is 5.56 Å². The van der Waals surface area contributed by atoms with Gasteiger partial charge in [0.2, 0.25) is 0 Å². The number of aromatic nitrogens is 2. The van der Waals surface area contributed by atoms with Gasteiger partial charge in [0.25, 0.3) is 5.56 Å². The van der Waals surface area contributed by atoms with Gasteiger partial charge in [0, 0.05) is 37.1 Å². The number of thioether (sulfide) groups is 1. The van der Waals surface area contributed by atoms with Crippen molar-refractivity contribution in [2.24, 2.45) is 0 Å². The van der Waals surface area contributed by atoms with Crippen molar-refractivity contribution in [1.29, 1.82) is 0 Å². The lowest BCUT2D eigenvalue weighted by atomic mass is 10.2. The van der Waals surface area contributed by atoms with Crippen LogP contribution in [0.1, 0.15) is 19.2 Å². The molecule has 0 bridgehead atoms. The lowest BCUT2D eigenvalue weighted by molar-refractivity contribution is 0.283. The fraction of sp³-hybridized carbons (Fsp3) is 0.500. The Bertz CT molecular complexity index is 670. The summed E-state index contributed by atoms with van der Waals surface area (Å²) in [5.41, 5.74) is 0.758. The molecule has 0 unspecified atom stereocenters. The summed E-state index contributed by atoms with van der Waals surface area (Å²) in [4.78, 5) is 22.0. The summed E-state index contributed by atoms with van der Waals surface area (Å²) in [6, 6.07) is 7.51. The van der Waals surface area contributed by atoms with Crippen LogP contribution in [0.15, 0.2) is 29.1 Å². The molecule has 1 fully saturated rings. The molecule has 1 saturated heterocycles. The van der Waals surface area contributed by atoms with Gasteiger partial charge in [0.1, 0.15) is 5.82 Å². The molecule has 0 saturated carbocycles. The van der Waals surface area contributed by atoms with Gasteiger partial charge < -0.3 is 9.88 Å². The second kappa shape index (κ2) is 6.62. The van der Waals surface area contributed by atoms with Crippen LogP contribution in [0.25, 0.3) is 10.9 Å². The number of H-pyrrole nitrogens is 1. The second-order valence-corrected chi connectivity index (χ2v) is 6.89. The van der Waals surface area contributed by atoms with E-state index in [1.165, 1.54) is 12.2 Å². The topological polar surface area (TPSA) is 49.0 Å². The number of nitrogens with zero attached hydrogens (tertiary/aromatic N) is 2. The molecule has 0 radical (unpaired) electrons. The van der Waals surface area contributed by atoms with E-state index in [1.807, 2.05) is 24.3 Å². The Hall–Kier alpha value is -1.33. The van der Waals surface area contributed by atoms with Crippen LogP contribution in [0.5, 0.6) is 0 Å². The summed E-state index contributed by atoms with van der Waals surface area (Å²) < 4.78 is 0. The monoisotopic (exact) mass is 303 g/mol. The van der Waals surface area contributed by atoms with Crippen molar-refractivity contribution in [1.82, 2.24) is 14.9 Å². The average molecular weight is 303 g/mol. The van der Waals surface area contributed by atoms with Gasteiger partial charge >= 0.3 is 0 Å². The van der Waals surface area contributed by atoms with Crippen molar-refractivity contribution in [2.45, 2.75) is 25.0 Å². The number of hydrogen-bond donors (Lipinski definition) is 1. The Balaban J connectivity index is 1.69. The molecular weight excluding hydrogens is 282 g/mol. The van der Waals surface area contributed by atoms with Crippen molar-refractivity contribution in [3.8, 4) is 0 Å². The second-order valence-electron chi connectivity index (χ2n) is 5.48. The Morgan fingerprint density at radius 3 is 3.14 bits per heavy atom. The van der Waals surface area contributed by atoms with Gasteiger partial charge in [-0.05, 0) is 18.6 Å². The molecule has 1 aliphatic heterocycles. The highest BCUT2D eigenvalue weighted by Gasteiger charge is 2.18. The molecule has 2 aromatic rings. The summed E-state index contributed by atoms with van der Waals surface area (Å²) >= 11 is 2.08. The number of nitrogens with one attached hydrogen (secondary N) is 1. The Labute approximate surface area is 129 Å². The van der Waals surface area contributed by atoms with Crippen molar-refractivity contribution in [3.63, 3.8) is 0 Å². The van der Waals surface area contributed by atoms with Gasteiger partial charge in [-0.3, -0.25) is 4.79 Å². The Morgan fingerprint density at radius 2 is 2.29 bits per heavy atom. The molecule has 0 spiro atoms. The Morgan fingerprint density at radius 1 is 1.43 bits per heavy atom. The minimum atomic E-state index is -0.0313. The van der Waals surface area contributed by atoms with Gasteiger partial charge in [-0.1, -0.05) is 19.1 Å². The van der Waals surface area contributed by atoms with Crippen LogP contribution in [-0.4, -0.2) is 45.5 Å². The molecule has 21 heavy (non-hydrogen) atoms. The van der Waals surface area contributed by atoms with Crippen molar-refractivity contribution in [3.05, 3.63) is 40.4 Å². The number of hydrogen-bond acceptors (Lipinski definition) is 4. The molecule has 1 aromatic heterocycles. The zero-order valence-corrected chi connectivity index (χ0v) is 13.2. The van der Waals surface area contributed by atoms with Gasteiger partial charge in [-0.25, -0.2) is 4.98 Å². The summed E-state index contributed by atoms with van der Waals surface area (Å²) in [6.45, 7) is 5.51. The van der Waals surface area contributed by atoms with Crippen LogP contribution in [0.3, 0.4) is 0 Å². The third-order valence-corrected chi connectivity index (χ3v) is 5.38. The van der Waals surface area contributed by atoms with Gasteiger partial charge in [-0.2, -0.15) is 11.8 Å². The zero-order valence-electron chi connectivity index (χ0n) is 12.3. The van der Waals surface area contributed by atoms with Gasteiger partial charge in [-0.15, -0.1) is 0 Å². The predicted molar refractivity (Wildman–Crippen MR) is 89.0 cm³/mol. The van der Waals surface area contributed by atoms with Crippen molar-refractivity contribution >= 4 is 22.7 Å². The third kappa shape index (κ3) is 3.47. The SMILES string of the molecule is CC[C@H]1CN(CCc2nc3ccccc3c(=O)[nH]2)CCS1. The van der Waals surface area contributed by atoms with Crippen LogP contribution in [0.4, 0.5) is 0 Å². The number of benzene rings is 1. The lowest BCUT2D eigenvalue weighted by Gasteiger charge is -2.31. The molecule has 0 amide bonds. The maximum absolute atomic E-state index is 12.0. The molecule has 1 N–H and O–H groups in total. The van der Waals surface area contributed by atoms with Gasteiger partial charge in [0.05, 0.1) is 10.9 Å². The van der Waals surface area contributed by atoms with Gasteiger partial charge in [0.15, 0.2) is 0 Å². The molecule has 112 valence electrons. The van der Waals surface area contributed by atoms with E-state index in [9.17, 15) is 4.79 Å². The molecule has 1 aromatic carbocycles. The summed E-state index contributed by atoms with van der Waals surface area (Å²) in [5, 5.41) is 1.42. The first-order valence-corrected chi connectivity index (χ1v) is 8.63. The van der Waals surface area contributed by atoms with Crippen LogP contribution in [-0.2, 0) is 6.42 Å². The first kappa shape index (κ1) is 14.6. The molecule has 0 aliphatic carbocycles. The predicted octanol–water partition coefficient (Wildman–Crippen LogP) is 2.29. The number of aromatic amines is 1. The fourth-order valence-electron chi connectivity index (χ4n) is 2.75. The summed E-state index contributed by atoms with van der Waals surface area (Å²) in [6.07, 6.45) is 2.04. The van der Waals surface area contributed by atoms with Crippen LogP contribution < -0.4 is 5.56 Å². The molecule has 5 heteroatoms. The van der Waals surface area contributed by atoms with E-state index in [0.29, 0.717) is 5.39 Å². The highest BCUT2D eigenvalue weighted by atomic mass is 32.2. The largest absolute Gasteiger partial charge is 0.310 e. The van der Waals surface area contributed by atoms with Crippen molar-refractivity contribution in [2.75, 3.05) is 25.4 Å². The average Bonchev–Trinajstić information content (AvgIpc) is 2.53. The highest BCUT2D eigenvalue weighted by molar-refractivity contribution is 8.00. The molecule has 4 nitrogen and oxygen atoms in total. The maximum Gasteiger partial charge on any atom is 0.258 e. The summed E-state index contributed by atoms with van der Waals surface area (Å²) in [5.74, 6) is 2.00. The first-order chi connectivity index (χ1) is 10.3. The zero-order chi connectivity index (χ0) is 14.7. The smallest absolute Gasteiger partial charge is 0.258 e. The lowest BCUT2D eigenvalue weighted by Crippen LogP contribution is -2.39.